The van der Waals surface area contributed by atoms with Crippen molar-refractivity contribution in [3.8, 4) is 0 Å². The third-order valence-corrected chi connectivity index (χ3v) is 5.23. The van der Waals surface area contributed by atoms with Gasteiger partial charge in [0.2, 0.25) is 0 Å². The number of furan rings is 1. The molecule has 0 radical (unpaired) electrons. The average molecular weight is 415 g/mol. The molecular formula is C20H21N3O7. The molecule has 2 aromatic heterocycles. The van der Waals surface area contributed by atoms with E-state index in [2.05, 4.69) is 10.3 Å². The molecule has 3 heterocycles. The highest BCUT2D eigenvalue weighted by Gasteiger charge is 2.35. The monoisotopic (exact) mass is 415 g/mol. The fourth-order valence-electron chi connectivity index (χ4n) is 3.60. The predicted molar refractivity (Wildman–Crippen MR) is 105 cm³/mol. The van der Waals surface area contributed by atoms with E-state index >= 15 is 0 Å². The Morgan fingerprint density at radius 1 is 1.37 bits per heavy atom. The summed E-state index contributed by atoms with van der Waals surface area (Å²) >= 11 is 0. The largest absolute Gasteiger partial charge is 0.464 e. The van der Waals surface area contributed by atoms with Crippen molar-refractivity contribution in [1.29, 1.82) is 0 Å². The Kier molecular flexibility index (Phi) is 5.29. The fourth-order valence-corrected chi connectivity index (χ4v) is 3.60. The van der Waals surface area contributed by atoms with Gasteiger partial charge in [-0.25, -0.2) is 4.79 Å². The zero-order chi connectivity index (χ0) is 21.4. The van der Waals surface area contributed by atoms with Crippen molar-refractivity contribution < 1.29 is 24.2 Å². The van der Waals surface area contributed by atoms with Gasteiger partial charge in [-0.05, 0) is 13.0 Å². The second-order valence-corrected chi connectivity index (χ2v) is 7.21. The van der Waals surface area contributed by atoms with Crippen LogP contribution in [0.15, 0.2) is 50.7 Å². The maximum atomic E-state index is 12.8. The number of aliphatic hydroxyl groups excluding tert-OH is 2. The van der Waals surface area contributed by atoms with E-state index in [-0.39, 0.29) is 12.0 Å². The lowest BCUT2D eigenvalue weighted by atomic mass is 10.1. The third-order valence-electron chi connectivity index (χ3n) is 5.23. The van der Waals surface area contributed by atoms with Crippen LogP contribution in [0.2, 0.25) is 0 Å². The highest BCUT2D eigenvalue weighted by Crippen LogP contribution is 2.28. The molecule has 158 valence electrons. The molecule has 0 spiro atoms. The van der Waals surface area contributed by atoms with E-state index in [0.29, 0.717) is 5.58 Å². The minimum absolute atomic E-state index is 0.0373. The minimum Gasteiger partial charge on any atom is -0.464 e. The van der Waals surface area contributed by atoms with Gasteiger partial charge in [0, 0.05) is 23.6 Å². The first kappa shape index (κ1) is 20.1. The van der Waals surface area contributed by atoms with Crippen molar-refractivity contribution in [2.45, 2.75) is 37.8 Å². The van der Waals surface area contributed by atoms with Gasteiger partial charge in [0.05, 0.1) is 25.0 Å². The Morgan fingerprint density at radius 2 is 2.13 bits per heavy atom. The van der Waals surface area contributed by atoms with Gasteiger partial charge in [-0.1, -0.05) is 18.2 Å². The first-order valence-corrected chi connectivity index (χ1v) is 9.46. The number of aliphatic hydroxyl groups is 2. The molecule has 10 heteroatoms. The lowest BCUT2D eigenvalue weighted by Gasteiger charge is -2.16. The van der Waals surface area contributed by atoms with Gasteiger partial charge < -0.3 is 24.7 Å². The maximum Gasteiger partial charge on any atom is 0.330 e. The number of rotatable bonds is 5. The van der Waals surface area contributed by atoms with Gasteiger partial charge in [0.15, 0.2) is 0 Å². The van der Waals surface area contributed by atoms with Gasteiger partial charge in [-0.3, -0.25) is 19.1 Å². The molecule has 0 saturated carbocycles. The van der Waals surface area contributed by atoms with E-state index < -0.39 is 48.2 Å². The number of aromatic nitrogens is 2. The van der Waals surface area contributed by atoms with Crippen LogP contribution in [0.25, 0.3) is 11.0 Å². The number of fused-ring (bicyclic) bond motifs is 1. The normalized spacial score (nSPS) is 22.3. The van der Waals surface area contributed by atoms with Gasteiger partial charge in [0.1, 0.15) is 23.5 Å². The molecule has 30 heavy (non-hydrogen) atoms. The predicted octanol–water partition coefficient (Wildman–Crippen LogP) is 0.414. The highest BCUT2D eigenvalue weighted by molar-refractivity contribution is 5.94. The first-order chi connectivity index (χ1) is 14.4. The van der Waals surface area contributed by atoms with Crippen molar-refractivity contribution in [3.05, 3.63) is 68.7 Å². The van der Waals surface area contributed by atoms with Crippen molar-refractivity contribution in [3.63, 3.8) is 0 Å². The summed E-state index contributed by atoms with van der Waals surface area (Å²) in [7, 11) is 0. The fraction of sp³-hybridized carbons (Fsp3) is 0.350. The number of aromatic amines is 1. The van der Waals surface area contributed by atoms with Gasteiger partial charge in [-0.15, -0.1) is 0 Å². The van der Waals surface area contributed by atoms with E-state index in [4.69, 9.17) is 9.15 Å². The number of hydrogen-bond acceptors (Lipinski definition) is 7. The van der Waals surface area contributed by atoms with E-state index in [9.17, 15) is 24.6 Å². The smallest absolute Gasteiger partial charge is 0.330 e. The number of amides is 1. The number of carbonyl (C=O) groups excluding carboxylic acids is 1. The Hall–Kier alpha value is -3.21. The molecule has 4 N–H and O–H groups in total. The number of carbonyl (C=O) groups is 1. The summed E-state index contributed by atoms with van der Waals surface area (Å²) in [5.41, 5.74) is -0.469. The van der Waals surface area contributed by atoms with Crippen molar-refractivity contribution in [2.75, 3.05) is 6.61 Å². The lowest BCUT2D eigenvalue weighted by Crippen LogP contribution is -2.39. The van der Waals surface area contributed by atoms with E-state index in [1.165, 1.54) is 0 Å². The Labute approximate surface area is 169 Å². The van der Waals surface area contributed by atoms with Crippen LogP contribution in [0, 0.1) is 0 Å². The van der Waals surface area contributed by atoms with Crippen LogP contribution in [0.1, 0.15) is 41.5 Å². The van der Waals surface area contributed by atoms with Crippen LogP contribution in [-0.2, 0) is 4.74 Å². The van der Waals surface area contributed by atoms with Crippen LogP contribution in [0.5, 0.6) is 0 Å². The molecule has 1 aromatic carbocycles. The molecule has 1 fully saturated rings. The molecule has 4 rings (SSSR count). The summed E-state index contributed by atoms with van der Waals surface area (Å²) < 4.78 is 12.0. The highest BCUT2D eigenvalue weighted by atomic mass is 16.5. The third kappa shape index (κ3) is 3.56. The van der Waals surface area contributed by atoms with E-state index in [0.717, 1.165) is 21.7 Å². The molecule has 0 bridgehead atoms. The summed E-state index contributed by atoms with van der Waals surface area (Å²) in [4.78, 5) is 39.3. The van der Waals surface area contributed by atoms with Crippen molar-refractivity contribution >= 4 is 16.9 Å². The van der Waals surface area contributed by atoms with E-state index in [1.54, 1.807) is 13.2 Å². The number of nitrogens with zero attached hydrogens (tertiary/aromatic N) is 1. The topological polar surface area (TPSA) is 147 Å². The van der Waals surface area contributed by atoms with Gasteiger partial charge in [0.25, 0.3) is 11.5 Å². The molecule has 1 aliphatic rings. The zero-order valence-electron chi connectivity index (χ0n) is 16.1. The zero-order valence-corrected chi connectivity index (χ0v) is 16.1. The molecular weight excluding hydrogens is 394 g/mol. The minimum atomic E-state index is -0.967. The summed E-state index contributed by atoms with van der Waals surface area (Å²) in [5, 5.41) is 22.7. The number of nitrogens with one attached hydrogen (secondary N) is 2. The Balaban J connectivity index is 1.60. The van der Waals surface area contributed by atoms with Crippen LogP contribution in [0.3, 0.4) is 0 Å². The standard InChI is InChI=1S/C20H21N3O7/c1-10(13-9-29-15-5-3-2-4-11(13)15)21-18(26)12-7-23(20(28)22-19(12)27)17-6-14(25)16(8-24)30-17/h2-5,7,9-10,14,16-17,24-25H,6,8H2,1H3,(H,21,26)(H,22,27,28)/t10?,14-,16+,17+/m0/s1. The lowest BCUT2D eigenvalue weighted by molar-refractivity contribution is -0.0459. The summed E-state index contributed by atoms with van der Waals surface area (Å²) in [6.45, 7) is 1.33. The molecule has 1 unspecified atom stereocenters. The number of benzene rings is 1. The Bertz CT molecular complexity index is 1190. The number of H-pyrrole nitrogens is 1. The number of para-hydroxylation sites is 1. The second kappa shape index (κ2) is 7.90. The van der Waals surface area contributed by atoms with Gasteiger partial charge >= 0.3 is 5.69 Å². The molecule has 0 aliphatic carbocycles. The summed E-state index contributed by atoms with van der Waals surface area (Å²) in [6, 6.07) is 6.90. The SMILES string of the molecule is CC(NC(=O)c1cn([C@H]2C[C@H](O)[C@@H](CO)O2)c(=O)[nH]c1=O)c1coc2ccccc12. The van der Waals surface area contributed by atoms with Crippen LogP contribution < -0.4 is 16.6 Å². The van der Waals surface area contributed by atoms with Gasteiger partial charge in [-0.2, -0.15) is 0 Å². The molecule has 1 amide bonds. The molecule has 1 saturated heterocycles. The van der Waals surface area contributed by atoms with Crippen molar-refractivity contribution in [2.24, 2.45) is 0 Å². The number of hydrogen-bond donors (Lipinski definition) is 4. The molecule has 3 aromatic rings. The van der Waals surface area contributed by atoms with Crippen LogP contribution in [-0.4, -0.2) is 44.5 Å². The quantitative estimate of drug-likeness (QED) is 0.472. The van der Waals surface area contributed by atoms with Crippen LogP contribution in [0.4, 0.5) is 0 Å². The first-order valence-electron chi connectivity index (χ1n) is 9.46. The molecule has 1 aliphatic heterocycles. The van der Waals surface area contributed by atoms with E-state index in [1.807, 2.05) is 24.3 Å². The second-order valence-electron chi connectivity index (χ2n) is 7.21. The summed E-state index contributed by atoms with van der Waals surface area (Å²) in [5.74, 6) is -0.681. The summed E-state index contributed by atoms with van der Waals surface area (Å²) in [6.07, 6.45) is -0.0400. The average Bonchev–Trinajstić information content (AvgIpc) is 3.31. The van der Waals surface area contributed by atoms with Crippen molar-refractivity contribution in [1.82, 2.24) is 14.9 Å². The molecule has 4 atom stereocenters. The molecule has 10 nitrogen and oxygen atoms in total. The van der Waals surface area contributed by atoms with Crippen LogP contribution >= 0.6 is 0 Å². The number of ether oxygens (including phenoxy) is 1. The maximum absolute atomic E-state index is 12.8. The Morgan fingerprint density at radius 3 is 2.87 bits per heavy atom.